The number of nitrogens with two attached hydrogens (primary N) is 1. The first-order chi connectivity index (χ1) is 13.0. The highest BCUT2D eigenvalue weighted by molar-refractivity contribution is 5.95. The smallest absolute Gasteiger partial charge is 0.292 e. The Morgan fingerprint density at radius 3 is 2.81 bits per heavy atom. The summed E-state index contributed by atoms with van der Waals surface area (Å²) in [5.41, 5.74) is 6.75. The minimum absolute atomic E-state index is 0.0312. The summed E-state index contributed by atoms with van der Waals surface area (Å²) < 4.78 is 5.73. The first kappa shape index (κ1) is 18.8. The lowest BCUT2D eigenvalue weighted by molar-refractivity contribution is -0.383. The van der Waals surface area contributed by atoms with E-state index in [2.05, 4.69) is 22.3 Å². The Morgan fingerprint density at radius 2 is 2.07 bits per heavy atom. The quantitative estimate of drug-likeness (QED) is 0.456. The highest BCUT2D eigenvalue weighted by atomic mass is 16.6. The number of amides is 1. The van der Waals surface area contributed by atoms with Crippen molar-refractivity contribution in [3.05, 3.63) is 69.8 Å². The number of carbonyl (C=O) groups excluding carboxylic acids is 1. The number of nitro groups is 1. The number of anilines is 1. The fourth-order valence-electron chi connectivity index (χ4n) is 3.04. The van der Waals surface area contributed by atoms with Gasteiger partial charge in [-0.3, -0.25) is 19.8 Å². The molecule has 142 valence electrons. The number of rotatable bonds is 6. The summed E-state index contributed by atoms with van der Waals surface area (Å²) in [4.78, 5) is 24.9. The zero-order valence-electron chi connectivity index (χ0n) is 14.8. The summed E-state index contributed by atoms with van der Waals surface area (Å²) in [6, 6.07) is 14.2. The van der Waals surface area contributed by atoms with Gasteiger partial charge in [-0.1, -0.05) is 30.3 Å². The van der Waals surface area contributed by atoms with E-state index in [1.807, 2.05) is 18.2 Å². The monoisotopic (exact) mass is 370 g/mol. The topological polar surface area (TPSA) is 111 Å². The number of carbonyl (C=O) groups is 1. The molecule has 1 unspecified atom stereocenters. The molecule has 0 aromatic heterocycles. The van der Waals surface area contributed by atoms with Gasteiger partial charge >= 0.3 is 0 Å². The molecule has 0 radical (unpaired) electrons. The Hall–Kier alpha value is -2.97. The predicted octanol–water partition coefficient (Wildman–Crippen LogP) is 1.81. The number of nitrogens with zero attached hydrogens (tertiary/aromatic N) is 2. The van der Waals surface area contributed by atoms with Crippen molar-refractivity contribution in [3.8, 4) is 0 Å². The van der Waals surface area contributed by atoms with E-state index in [1.54, 1.807) is 0 Å². The molecule has 0 spiro atoms. The molecule has 8 nitrogen and oxygen atoms in total. The first-order valence-corrected chi connectivity index (χ1v) is 8.73. The summed E-state index contributed by atoms with van der Waals surface area (Å²) in [5, 5.41) is 13.7. The Balaban J connectivity index is 1.54. The molecule has 3 rings (SSSR count). The van der Waals surface area contributed by atoms with Gasteiger partial charge in [-0.05, 0) is 17.7 Å². The van der Waals surface area contributed by atoms with Crippen molar-refractivity contribution in [2.45, 2.75) is 12.6 Å². The molecule has 0 saturated carbocycles. The van der Waals surface area contributed by atoms with Crippen molar-refractivity contribution in [1.29, 1.82) is 0 Å². The van der Waals surface area contributed by atoms with Crippen molar-refractivity contribution >= 4 is 17.3 Å². The van der Waals surface area contributed by atoms with Crippen LogP contribution in [0.4, 0.5) is 11.4 Å². The molecule has 27 heavy (non-hydrogen) atoms. The number of nitrogen functional groups attached to an aromatic ring is 1. The molecular formula is C19H22N4O4. The molecule has 1 aliphatic heterocycles. The van der Waals surface area contributed by atoms with Crippen LogP contribution in [0.5, 0.6) is 0 Å². The highest BCUT2D eigenvalue weighted by Crippen LogP contribution is 2.22. The third-order valence-electron chi connectivity index (χ3n) is 4.45. The molecule has 3 N–H and O–H groups in total. The average molecular weight is 370 g/mol. The number of nitrogens with one attached hydrogen (secondary N) is 1. The fraction of sp³-hybridized carbons (Fsp3) is 0.316. The first-order valence-electron chi connectivity index (χ1n) is 8.73. The van der Waals surface area contributed by atoms with Crippen molar-refractivity contribution in [3.63, 3.8) is 0 Å². The highest BCUT2D eigenvalue weighted by Gasteiger charge is 2.22. The van der Waals surface area contributed by atoms with E-state index >= 15 is 0 Å². The number of hydrogen-bond acceptors (Lipinski definition) is 6. The fourth-order valence-corrected chi connectivity index (χ4v) is 3.04. The number of hydrogen-bond donors (Lipinski definition) is 2. The van der Waals surface area contributed by atoms with E-state index in [0.29, 0.717) is 19.7 Å². The predicted molar refractivity (Wildman–Crippen MR) is 101 cm³/mol. The van der Waals surface area contributed by atoms with Crippen molar-refractivity contribution in [1.82, 2.24) is 10.2 Å². The Bertz CT molecular complexity index is 813. The van der Waals surface area contributed by atoms with Crippen LogP contribution in [0.3, 0.4) is 0 Å². The second-order valence-electron chi connectivity index (χ2n) is 6.45. The number of ether oxygens (including phenoxy) is 1. The zero-order valence-corrected chi connectivity index (χ0v) is 14.8. The second kappa shape index (κ2) is 8.61. The van der Waals surface area contributed by atoms with Gasteiger partial charge in [0.15, 0.2) is 0 Å². The molecule has 1 saturated heterocycles. The Morgan fingerprint density at radius 1 is 1.30 bits per heavy atom. The number of benzene rings is 2. The van der Waals surface area contributed by atoms with Crippen LogP contribution in [0.1, 0.15) is 15.9 Å². The summed E-state index contributed by atoms with van der Waals surface area (Å²) in [6.07, 6.45) is -0.129. The van der Waals surface area contributed by atoms with Gasteiger partial charge in [0, 0.05) is 37.8 Å². The lowest BCUT2D eigenvalue weighted by Gasteiger charge is -2.33. The summed E-state index contributed by atoms with van der Waals surface area (Å²) >= 11 is 0. The lowest BCUT2D eigenvalue weighted by Crippen LogP contribution is -2.47. The standard InChI is InChI=1S/C19H22N4O4/c20-17-7-6-15(10-18(17)23(25)26)19(24)21-11-16-13-22(8-9-27-16)12-14-4-2-1-3-5-14/h1-7,10,16H,8-9,11-13,20H2,(H,21,24). The molecule has 1 amide bonds. The lowest BCUT2D eigenvalue weighted by atomic mass is 10.1. The molecule has 0 aliphatic carbocycles. The van der Waals surface area contributed by atoms with Crippen LogP contribution < -0.4 is 11.1 Å². The molecule has 2 aromatic rings. The van der Waals surface area contributed by atoms with E-state index in [-0.39, 0.29) is 28.9 Å². The van der Waals surface area contributed by atoms with Gasteiger partial charge in [0.1, 0.15) is 5.69 Å². The number of morpholine rings is 1. The molecular weight excluding hydrogens is 348 g/mol. The minimum atomic E-state index is -0.599. The maximum Gasteiger partial charge on any atom is 0.292 e. The molecule has 1 aliphatic rings. The molecule has 1 fully saturated rings. The normalized spacial score (nSPS) is 17.4. The van der Waals surface area contributed by atoms with E-state index in [0.717, 1.165) is 13.1 Å². The third-order valence-corrected chi connectivity index (χ3v) is 4.45. The maximum atomic E-state index is 12.3. The van der Waals surface area contributed by atoms with Crippen molar-refractivity contribution in [2.24, 2.45) is 0 Å². The van der Waals surface area contributed by atoms with Crippen LogP contribution in [0, 0.1) is 10.1 Å². The summed E-state index contributed by atoms with van der Waals surface area (Å²) in [5.74, 6) is -0.387. The van der Waals surface area contributed by atoms with E-state index in [9.17, 15) is 14.9 Å². The molecule has 8 heteroatoms. The molecule has 1 atom stereocenters. The SMILES string of the molecule is Nc1ccc(C(=O)NCC2CN(Cc3ccccc3)CCO2)cc1[N+](=O)[O-]. The number of nitro benzene ring substituents is 1. The van der Waals surface area contributed by atoms with Gasteiger partial charge in [-0.25, -0.2) is 0 Å². The van der Waals surface area contributed by atoms with Gasteiger partial charge in [-0.15, -0.1) is 0 Å². The van der Waals surface area contributed by atoms with Crippen molar-refractivity contribution < 1.29 is 14.5 Å². The summed E-state index contributed by atoms with van der Waals surface area (Å²) in [7, 11) is 0. The summed E-state index contributed by atoms with van der Waals surface area (Å²) in [6.45, 7) is 3.31. The van der Waals surface area contributed by atoms with E-state index in [4.69, 9.17) is 10.5 Å². The minimum Gasteiger partial charge on any atom is -0.393 e. The van der Waals surface area contributed by atoms with Gasteiger partial charge < -0.3 is 15.8 Å². The average Bonchev–Trinajstić information content (AvgIpc) is 2.67. The van der Waals surface area contributed by atoms with Crippen LogP contribution in [0.2, 0.25) is 0 Å². The molecule has 1 heterocycles. The van der Waals surface area contributed by atoms with Crippen LogP contribution in [0.15, 0.2) is 48.5 Å². The molecule has 2 aromatic carbocycles. The van der Waals surface area contributed by atoms with E-state index in [1.165, 1.54) is 23.8 Å². The van der Waals surface area contributed by atoms with Crippen molar-refractivity contribution in [2.75, 3.05) is 32.0 Å². The van der Waals surface area contributed by atoms with Gasteiger partial charge in [0.25, 0.3) is 11.6 Å². The second-order valence-corrected chi connectivity index (χ2v) is 6.45. The van der Waals surface area contributed by atoms with E-state index < -0.39 is 4.92 Å². The van der Waals surface area contributed by atoms with Crippen LogP contribution in [0.25, 0.3) is 0 Å². The van der Waals surface area contributed by atoms with Crippen LogP contribution in [-0.4, -0.2) is 48.1 Å². The van der Waals surface area contributed by atoms with Gasteiger partial charge in [0.2, 0.25) is 0 Å². The van der Waals surface area contributed by atoms with Crippen LogP contribution >= 0.6 is 0 Å². The third kappa shape index (κ3) is 5.02. The maximum absolute atomic E-state index is 12.3. The Labute approximate surface area is 157 Å². The largest absolute Gasteiger partial charge is 0.393 e. The van der Waals surface area contributed by atoms with Gasteiger partial charge in [-0.2, -0.15) is 0 Å². The molecule has 0 bridgehead atoms. The van der Waals surface area contributed by atoms with Gasteiger partial charge in [0.05, 0.1) is 17.6 Å². The Kier molecular flexibility index (Phi) is 6.00. The zero-order chi connectivity index (χ0) is 19.2. The van der Waals surface area contributed by atoms with Crippen LogP contribution in [-0.2, 0) is 11.3 Å².